The number of hydrogen-bond acceptors (Lipinski definition) is 5. The molecule has 0 aliphatic rings. The van der Waals surface area contributed by atoms with Crippen molar-refractivity contribution in [2.75, 3.05) is 6.73 Å². The van der Waals surface area contributed by atoms with Crippen molar-refractivity contribution in [3.8, 4) is 0 Å². The molecule has 2 atom stereocenters. The predicted molar refractivity (Wildman–Crippen MR) is 109 cm³/mol. The van der Waals surface area contributed by atoms with E-state index in [9.17, 15) is 9.59 Å². The van der Waals surface area contributed by atoms with Crippen LogP contribution >= 0.6 is 0 Å². The molecule has 0 spiro atoms. The molecule has 1 rings (SSSR count). The molecule has 0 fully saturated rings. The standard InChI is InChI=1S/C22H35NO5/c1-6-7-11-17(2)19(27-16-23-21(25)28-22(3,4)5)14-20(24)26-15-18-12-9-8-10-13-18/h8-10,12-13,17,19H,6-7,11,14-16H2,1-5H3,(H,23,25)/t17-,19-/m0/s1. The number of nitrogens with one attached hydrogen (secondary N) is 1. The summed E-state index contributed by atoms with van der Waals surface area (Å²) in [6, 6.07) is 9.56. The Kier molecular flexibility index (Phi) is 10.6. The van der Waals surface area contributed by atoms with Crippen LogP contribution in [-0.4, -0.2) is 30.5 Å². The van der Waals surface area contributed by atoms with E-state index in [2.05, 4.69) is 19.2 Å². The van der Waals surface area contributed by atoms with E-state index in [0.717, 1.165) is 24.8 Å². The highest BCUT2D eigenvalue weighted by Crippen LogP contribution is 2.19. The summed E-state index contributed by atoms with van der Waals surface area (Å²) in [7, 11) is 0. The fourth-order valence-electron chi connectivity index (χ4n) is 2.62. The number of ether oxygens (including phenoxy) is 3. The highest BCUT2D eigenvalue weighted by molar-refractivity contribution is 5.70. The molecule has 6 nitrogen and oxygen atoms in total. The normalized spacial score (nSPS) is 13.5. The van der Waals surface area contributed by atoms with Crippen LogP contribution in [0.3, 0.4) is 0 Å². The lowest BCUT2D eigenvalue weighted by molar-refractivity contribution is -0.149. The number of benzene rings is 1. The highest BCUT2D eigenvalue weighted by atomic mass is 16.6. The minimum atomic E-state index is -0.570. The zero-order valence-corrected chi connectivity index (χ0v) is 17.8. The molecule has 1 aromatic rings. The second-order valence-corrected chi connectivity index (χ2v) is 8.00. The molecule has 0 bridgehead atoms. The minimum Gasteiger partial charge on any atom is -0.461 e. The monoisotopic (exact) mass is 393 g/mol. The highest BCUT2D eigenvalue weighted by Gasteiger charge is 2.23. The number of hydrogen-bond donors (Lipinski definition) is 1. The smallest absolute Gasteiger partial charge is 0.409 e. The maximum absolute atomic E-state index is 12.3. The van der Waals surface area contributed by atoms with Crippen LogP contribution in [0.2, 0.25) is 0 Å². The summed E-state index contributed by atoms with van der Waals surface area (Å²) < 4.78 is 16.4. The van der Waals surface area contributed by atoms with Crippen molar-refractivity contribution in [1.29, 1.82) is 0 Å². The van der Waals surface area contributed by atoms with Crippen molar-refractivity contribution in [3.05, 3.63) is 35.9 Å². The van der Waals surface area contributed by atoms with Gasteiger partial charge in [-0.3, -0.25) is 10.1 Å². The third kappa shape index (κ3) is 10.9. The number of esters is 1. The van der Waals surface area contributed by atoms with Crippen LogP contribution in [0.5, 0.6) is 0 Å². The Morgan fingerprint density at radius 1 is 1.14 bits per heavy atom. The SMILES string of the molecule is CCCC[C@H](C)[C@H](CC(=O)OCc1ccccc1)OCNC(=O)OC(C)(C)C. The fourth-order valence-corrected chi connectivity index (χ4v) is 2.62. The van der Waals surface area contributed by atoms with Crippen LogP contribution in [0.25, 0.3) is 0 Å². The second-order valence-electron chi connectivity index (χ2n) is 8.00. The van der Waals surface area contributed by atoms with Gasteiger partial charge in [0.05, 0.1) is 12.5 Å². The average Bonchev–Trinajstić information content (AvgIpc) is 2.63. The molecule has 28 heavy (non-hydrogen) atoms. The molecule has 0 radical (unpaired) electrons. The number of rotatable bonds is 11. The van der Waals surface area contributed by atoms with Gasteiger partial charge in [-0.05, 0) is 38.7 Å². The van der Waals surface area contributed by atoms with E-state index in [1.54, 1.807) is 20.8 Å². The third-order valence-electron chi connectivity index (χ3n) is 4.17. The van der Waals surface area contributed by atoms with Crippen LogP contribution < -0.4 is 5.32 Å². The lowest BCUT2D eigenvalue weighted by atomic mass is 9.96. The molecular formula is C22H35NO5. The van der Waals surface area contributed by atoms with Crippen molar-refractivity contribution in [1.82, 2.24) is 5.32 Å². The number of alkyl carbamates (subject to hydrolysis) is 1. The van der Waals surface area contributed by atoms with Crippen LogP contribution in [0.15, 0.2) is 30.3 Å². The maximum Gasteiger partial charge on any atom is 0.409 e. The quantitative estimate of drug-likeness (QED) is 0.431. The Hall–Kier alpha value is -2.08. The third-order valence-corrected chi connectivity index (χ3v) is 4.17. The molecule has 0 aromatic heterocycles. The number of carbonyl (C=O) groups excluding carboxylic acids is 2. The van der Waals surface area contributed by atoms with Crippen LogP contribution in [0, 0.1) is 5.92 Å². The molecule has 0 aliphatic heterocycles. The van der Waals surface area contributed by atoms with Gasteiger partial charge in [-0.15, -0.1) is 0 Å². The molecule has 0 saturated heterocycles. The summed E-state index contributed by atoms with van der Waals surface area (Å²) in [5.41, 5.74) is 0.373. The fraction of sp³-hybridized carbons (Fsp3) is 0.636. The van der Waals surface area contributed by atoms with E-state index >= 15 is 0 Å². The first-order valence-corrected chi connectivity index (χ1v) is 9.99. The van der Waals surface area contributed by atoms with Crippen molar-refractivity contribution in [2.24, 2.45) is 5.92 Å². The van der Waals surface area contributed by atoms with Gasteiger partial charge in [0.15, 0.2) is 0 Å². The Morgan fingerprint density at radius 3 is 2.43 bits per heavy atom. The summed E-state index contributed by atoms with van der Waals surface area (Å²) in [6.45, 7) is 9.80. The van der Waals surface area contributed by atoms with Gasteiger partial charge in [-0.1, -0.05) is 57.0 Å². The van der Waals surface area contributed by atoms with Crippen LogP contribution in [0.1, 0.15) is 65.9 Å². The molecule has 0 unspecified atom stereocenters. The molecule has 1 amide bonds. The molecule has 1 aromatic carbocycles. The first kappa shape index (κ1) is 24.0. The van der Waals surface area contributed by atoms with E-state index < -0.39 is 11.7 Å². The number of carbonyl (C=O) groups is 2. The van der Waals surface area contributed by atoms with Crippen molar-refractivity contribution >= 4 is 12.1 Å². The molecule has 0 heterocycles. The van der Waals surface area contributed by atoms with Crippen LogP contribution in [0.4, 0.5) is 4.79 Å². The second kappa shape index (κ2) is 12.4. The van der Waals surface area contributed by atoms with E-state index in [1.807, 2.05) is 30.3 Å². The lowest BCUT2D eigenvalue weighted by Gasteiger charge is -2.25. The van der Waals surface area contributed by atoms with Crippen molar-refractivity contribution in [2.45, 2.75) is 78.6 Å². The molecule has 158 valence electrons. The summed E-state index contributed by atoms with van der Waals surface area (Å²) in [6.07, 6.45) is 2.35. The zero-order chi connectivity index (χ0) is 21.0. The summed E-state index contributed by atoms with van der Waals surface area (Å²) in [5.74, 6) is -0.140. The number of unbranched alkanes of at least 4 members (excludes halogenated alkanes) is 1. The molecule has 0 aliphatic carbocycles. The van der Waals surface area contributed by atoms with Crippen molar-refractivity contribution < 1.29 is 23.8 Å². The maximum atomic E-state index is 12.3. The van der Waals surface area contributed by atoms with Gasteiger partial charge < -0.3 is 14.2 Å². The van der Waals surface area contributed by atoms with Gasteiger partial charge in [0, 0.05) is 0 Å². The van der Waals surface area contributed by atoms with E-state index in [1.165, 1.54) is 0 Å². The van der Waals surface area contributed by atoms with Gasteiger partial charge in [0.25, 0.3) is 0 Å². The molecule has 6 heteroatoms. The largest absolute Gasteiger partial charge is 0.461 e. The lowest BCUT2D eigenvalue weighted by Crippen LogP contribution is -2.36. The zero-order valence-electron chi connectivity index (χ0n) is 17.8. The van der Waals surface area contributed by atoms with Crippen molar-refractivity contribution in [3.63, 3.8) is 0 Å². The van der Waals surface area contributed by atoms with Crippen LogP contribution in [-0.2, 0) is 25.6 Å². The minimum absolute atomic E-state index is 0.0119. The molecule has 1 N–H and O–H groups in total. The Morgan fingerprint density at radius 2 is 1.82 bits per heavy atom. The number of amides is 1. The van der Waals surface area contributed by atoms with Gasteiger partial charge in [-0.2, -0.15) is 0 Å². The topological polar surface area (TPSA) is 73.9 Å². The van der Waals surface area contributed by atoms with Gasteiger partial charge in [0.1, 0.15) is 18.9 Å². The van der Waals surface area contributed by atoms with E-state index in [-0.39, 0.29) is 37.7 Å². The van der Waals surface area contributed by atoms with Gasteiger partial charge >= 0.3 is 12.1 Å². The Labute approximate surface area is 168 Å². The van der Waals surface area contributed by atoms with E-state index in [4.69, 9.17) is 14.2 Å². The Bertz CT molecular complexity index is 582. The predicted octanol–water partition coefficient (Wildman–Crippen LogP) is 4.81. The summed E-state index contributed by atoms with van der Waals surface area (Å²) in [4.78, 5) is 24.0. The average molecular weight is 394 g/mol. The molecule has 0 saturated carbocycles. The van der Waals surface area contributed by atoms with E-state index in [0.29, 0.717) is 0 Å². The summed E-state index contributed by atoms with van der Waals surface area (Å²) >= 11 is 0. The van der Waals surface area contributed by atoms with Gasteiger partial charge in [0.2, 0.25) is 0 Å². The molecular weight excluding hydrogens is 358 g/mol. The Balaban J connectivity index is 2.51. The van der Waals surface area contributed by atoms with Gasteiger partial charge in [-0.25, -0.2) is 4.79 Å². The first-order chi connectivity index (χ1) is 13.2. The first-order valence-electron chi connectivity index (χ1n) is 9.99. The summed E-state index contributed by atoms with van der Waals surface area (Å²) in [5, 5.41) is 2.58.